The van der Waals surface area contributed by atoms with Gasteiger partial charge in [-0.15, -0.1) is 0 Å². The van der Waals surface area contributed by atoms with Crippen LogP contribution in [0.15, 0.2) is 23.2 Å². The monoisotopic (exact) mass is 401 g/mol. The maximum Gasteiger partial charge on any atom is 0.414 e. The lowest BCUT2D eigenvalue weighted by Crippen LogP contribution is -2.54. The molecule has 150 valence electrons. The first-order valence-corrected chi connectivity index (χ1v) is 9.84. The Balaban J connectivity index is 2.50. The molecule has 1 aliphatic heterocycles. The molecule has 0 unspecified atom stereocenters. The van der Waals surface area contributed by atoms with E-state index in [0.29, 0.717) is 5.56 Å². The number of rotatable bonds is 2. The molecule has 1 aromatic rings. The predicted molar refractivity (Wildman–Crippen MR) is 98.0 cm³/mol. The van der Waals surface area contributed by atoms with E-state index in [2.05, 4.69) is 10.3 Å². The summed E-state index contributed by atoms with van der Waals surface area (Å²) < 4.78 is 45.6. The van der Waals surface area contributed by atoms with E-state index in [1.165, 1.54) is 26.1 Å². The molecule has 0 spiro atoms. The molecule has 0 aromatic heterocycles. The Hall–Kier alpha value is -2.20. The molecule has 0 aliphatic carbocycles. The maximum absolute atomic E-state index is 14.4. The summed E-state index contributed by atoms with van der Waals surface area (Å²) in [6.07, 6.45) is -0.878. The first-order chi connectivity index (χ1) is 12.3. The second kappa shape index (κ2) is 7.08. The molecule has 8 nitrogen and oxygen atoms in total. The third-order valence-corrected chi connectivity index (χ3v) is 5.87. The van der Waals surface area contributed by atoms with Crippen LogP contribution in [0.2, 0.25) is 0 Å². The summed E-state index contributed by atoms with van der Waals surface area (Å²) in [5.74, 6) is -1.43. The number of carbonyl (C=O) groups is 1. The molecule has 10 heteroatoms. The number of sulfonamides is 1. The van der Waals surface area contributed by atoms with Crippen molar-refractivity contribution in [1.29, 1.82) is 0 Å². The van der Waals surface area contributed by atoms with Gasteiger partial charge in [-0.3, -0.25) is 5.32 Å². The molecule has 0 radical (unpaired) electrons. The number of nitrogens with one attached hydrogen (secondary N) is 1. The van der Waals surface area contributed by atoms with E-state index >= 15 is 0 Å². The second-order valence-corrected chi connectivity index (χ2v) is 9.53. The van der Waals surface area contributed by atoms with Crippen LogP contribution < -0.4 is 5.32 Å². The van der Waals surface area contributed by atoms with Crippen molar-refractivity contribution >= 4 is 22.1 Å². The van der Waals surface area contributed by atoms with E-state index in [-0.39, 0.29) is 18.1 Å². The second-order valence-electron chi connectivity index (χ2n) is 7.53. The summed E-state index contributed by atoms with van der Waals surface area (Å²) in [6.45, 7) is 6.11. The van der Waals surface area contributed by atoms with Gasteiger partial charge in [-0.05, 0) is 45.4 Å². The lowest BCUT2D eigenvalue weighted by atomic mass is 9.92. The van der Waals surface area contributed by atoms with Crippen molar-refractivity contribution in [3.8, 4) is 0 Å². The van der Waals surface area contributed by atoms with Gasteiger partial charge in [0.1, 0.15) is 17.0 Å². The van der Waals surface area contributed by atoms with Crippen LogP contribution in [0.25, 0.3) is 0 Å². The fourth-order valence-corrected chi connectivity index (χ4v) is 4.12. The fourth-order valence-electron chi connectivity index (χ4n) is 2.64. The highest BCUT2D eigenvalue weighted by atomic mass is 32.2. The Labute approximate surface area is 158 Å². The van der Waals surface area contributed by atoms with E-state index in [1.807, 2.05) is 0 Å². The van der Waals surface area contributed by atoms with Crippen LogP contribution in [0.5, 0.6) is 0 Å². The number of hydrogen-bond acceptors (Lipinski definition) is 6. The Morgan fingerprint density at radius 2 is 2.07 bits per heavy atom. The van der Waals surface area contributed by atoms with Gasteiger partial charge in [0.15, 0.2) is 0 Å². The number of amides is 1. The van der Waals surface area contributed by atoms with E-state index in [9.17, 15) is 22.7 Å². The van der Waals surface area contributed by atoms with E-state index < -0.39 is 38.8 Å². The average Bonchev–Trinajstić information content (AvgIpc) is 2.50. The minimum absolute atomic E-state index is 0.00853. The Morgan fingerprint density at radius 1 is 1.44 bits per heavy atom. The number of nitrogens with zero attached hydrogens (tertiary/aromatic N) is 2. The Bertz CT molecular complexity index is 879. The van der Waals surface area contributed by atoms with Crippen molar-refractivity contribution in [3.05, 3.63) is 35.1 Å². The van der Waals surface area contributed by atoms with Gasteiger partial charge in [-0.25, -0.2) is 26.9 Å². The number of halogens is 1. The standard InChI is InChI=1S/C17H24FN3O5S/c1-16(2,3)26-15(23)19-14-20-17(4,10-27(24,25)21(14)5)12-8-11(9-22)6-7-13(12)18/h6-8,22H,9-10H2,1-5H3,(H,19,20,23)/t17-/m0/s1. The van der Waals surface area contributed by atoms with Crippen molar-refractivity contribution in [1.82, 2.24) is 9.62 Å². The van der Waals surface area contributed by atoms with E-state index in [0.717, 1.165) is 10.4 Å². The zero-order valence-electron chi connectivity index (χ0n) is 15.9. The minimum Gasteiger partial charge on any atom is -0.444 e. The van der Waals surface area contributed by atoms with Crippen molar-refractivity contribution in [2.24, 2.45) is 4.99 Å². The molecule has 2 N–H and O–H groups in total. The van der Waals surface area contributed by atoms with Gasteiger partial charge < -0.3 is 9.84 Å². The Kier molecular flexibility index (Phi) is 5.53. The van der Waals surface area contributed by atoms with Gasteiger partial charge in [0.25, 0.3) is 0 Å². The molecule has 0 saturated heterocycles. The largest absolute Gasteiger partial charge is 0.444 e. The van der Waals surface area contributed by atoms with Crippen LogP contribution in [-0.4, -0.2) is 48.3 Å². The number of aliphatic hydroxyl groups excluding tert-OH is 1. The minimum atomic E-state index is -3.89. The molecule has 1 aliphatic rings. The predicted octanol–water partition coefficient (Wildman–Crippen LogP) is 1.69. The van der Waals surface area contributed by atoms with E-state index in [1.54, 1.807) is 20.8 Å². The summed E-state index contributed by atoms with van der Waals surface area (Å²) >= 11 is 0. The van der Waals surface area contributed by atoms with Gasteiger partial charge in [0.05, 0.1) is 12.4 Å². The van der Waals surface area contributed by atoms with Gasteiger partial charge >= 0.3 is 6.09 Å². The third-order valence-electron chi connectivity index (χ3n) is 3.94. The van der Waals surface area contributed by atoms with Crippen LogP contribution in [0.4, 0.5) is 9.18 Å². The number of hydrogen-bond donors (Lipinski definition) is 2. The lowest BCUT2D eigenvalue weighted by molar-refractivity contribution is 0.0559. The normalized spacial score (nSPS) is 22.2. The summed E-state index contributed by atoms with van der Waals surface area (Å²) in [6, 6.07) is 3.91. The zero-order chi connectivity index (χ0) is 20.6. The van der Waals surface area contributed by atoms with Crippen LogP contribution >= 0.6 is 0 Å². The molecule has 0 fully saturated rings. The van der Waals surface area contributed by atoms with Gasteiger partial charge in [-0.2, -0.15) is 0 Å². The molecular formula is C17H24FN3O5S. The number of aliphatic hydroxyl groups is 1. The van der Waals surface area contributed by atoms with Crippen LogP contribution in [0.3, 0.4) is 0 Å². The van der Waals surface area contributed by atoms with Crippen molar-refractivity contribution in [3.63, 3.8) is 0 Å². The van der Waals surface area contributed by atoms with E-state index in [4.69, 9.17) is 4.74 Å². The van der Waals surface area contributed by atoms with Crippen LogP contribution in [0, 0.1) is 5.82 Å². The molecule has 1 aromatic carbocycles. The third kappa shape index (κ3) is 4.75. The number of benzene rings is 1. The summed E-state index contributed by atoms with van der Waals surface area (Å²) in [5, 5.41) is 11.6. The molecule has 0 saturated carbocycles. The van der Waals surface area contributed by atoms with Gasteiger partial charge in [0, 0.05) is 12.6 Å². The average molecular weight is 401 g/mol. The molecule has 2 rings (SSSR count). The maximum atomic E-state index is 14.4. The number of alkyl carbamates (subject to hydrolysis) is 1. The molecule has 1 heterocycles. The van der Waals surface area contributed by atoms with Crippen LogP contribution in [-0.2, 0) is 26.9 Å². The number of aliphatic imine (C=N–C) groups is 1. The SMILES string of the molecule is CN1C(NC(=O)OC(C)(C)C)=N[C@](C)(c2cc(CO)ccc2F)CS1(=O)=O. The molecule has 1 atom stereocenters. The highest BCUT2D eigenvalue weighted by Crippen LogP contribution is 2.34. The molecule has 1 amide bonds. The fraction of sp³-hybridized carbons (Fsp3) is 0.529. The van der Waals surface area contributed by atoms with Gasteiger partial charge in [-0.1, -0.05) is 6.07 Å². The summed E-state index contributed by atoms with van der Waals surface area (Å²) in [7, 11) is -2.65. The Morgan fingerprint density at radius 3 is 2.63 bits per heavy atom. The summed E-state index contributed by atoms with van der Waals surface area (Å²) in [4.78, 5) is 16.4. The first-order valence-electron chi connectivity index (χ1n) is 8.24. The zero-order valence-corrected chi connectivity index (χ0v) is 16.7. The number of ether oxygens (including phenoxy) is 1. The van der Waals surface area contributed by atoms with Crippen molar-refractivity contribution in [2.45, 2.75) is 45.4 Å². The molecule has 27 heavy (non-hydrogen) atoms. The highest BCUT2D eigenvalue weighted by Gasteiger charge is 2.43. The quantitative estimate of drug-likeness (QED) is 0.784. The first kappa shape index (κ1) is 21.1. The summed E-state index contributed by atoms with van der Waals surface area (Å²) in [5.41, 5.74) is -1.86. The topological polar surface area (TPSA) is 108 Å². The van der Waals surface area contributed by atoms with Crippen LogP contribution in [0.1, 0.15) is 38.8 Å². The highest BCUT2D eigenvalue weighted by molar-refractivity contribution is 7.89. The smallest absolute Gasteiger partial charge is 0.414 e. The van der Waals surface area contributed by atoms with Crippen molar-refractivity contribution < 1.29 is 27.4 Å². The number of guanidine groups is 1. The van der Waals surface area contributed by atoms with Gasteiger partial charge in [0.2, 0.25) is 16.0 Å². The lowest BCUT2D eigenvalue weighted by Gasteiger charge is -2.36. The van der Waals surface area contributed by atoms with Crippen molar-refractivity contribution in [2.75, 3.05) is 12.8 Å². The molecular weight excluding hydrogens is 377 g/mol. The number of carbonyl (C=O) groups excluding carboxylic acids is 1. The molecule has 0 bridgehead atoms.